The standard InChI is InChI=1S/C13H17FN2O3/c1-4-8(2)9(3)15-13(17)11-7-10(16(18)19)5-6-12(11)14/h5-9H,4H2,1-3H3,(H,15,17). The van der Waals surface area contributed by atoms with Gasteiger partial charge in [-0.25, -0.2) is 4.39 Å². The minimum atomic E-state index is -0.764. The molecule has 1 amide bonds. The first-order valence-electron chi connectivity index (χ1n) is 6.11. The number of benzene rings is 1. The first kappa shape index (κ1) is 15.1. The highest BCUT2D eigenvalue weighted by Gasteiger charge is 2.20. The van der Waals surface area contributed by atoms with Gasteiger partial charge in [0, 0.05) is 18.2 Å². The number of nitrogens with zero attached hydrogens (tertiary/aromatic N) is 1. The molecule has 0 spiro atoms. The second-order valence-corrected chi connectivity index (χ2v) is 4.57. The Morgan fingerprint density at radius 2 is 2.11 bits per heavy atom. The van der Waals surface area contributed by atoms with Gasteiger partial charge in [0.25, 0.3) is 11.6 Å². The number of nitro benzene ring substituents is 1. The summed E-state index contributed by atoms with van der Waals surface area (Å²) in [7, 11) is 0. The van der Waals surface area contributed by atoms with Crippen molar-refractivity contribution in [3.8, 4) is 0 Å². The molecule has 19 heavy (non-hydrogen) atoms. The molecule has 1 rings (SSSR count). The Balaban J connectivity index is 2.93. The maximum atomic E-state index is 13.5. The van der Waals surface area contributed by atoms with Gasteiger partial charge in [0.2, 0.25) is 0 Å². The van der Waals surface area contributed by atoms with Crippen molar-refractivity contribution in [2.45, 2.75) is 33.2 Å². The maximum Gasteiger partial charge on any atom is 0.270 e. The number of nitrogens with one attached hydrogen (secondary N) is 1. The fourth-order valence-electron chi connectivity index (χ4n) is 1.58. The van der Waals surface area contributed by atoms with Crippen LogP contribution < -0.4 is 5.32 Å². The molecule has 0 radical (unpaired) electrons. The minimum Gasteiger partial charge on any atom is -0.349 e. The van der Waals surface area contributed by atoms with Crippen LogP contribution in [0.3, 0.4) is 0 Å². The molecule has 104 valence electrons. The van der Waals surface area contributed by atoms with Gasteiger partial charge in [-0.1, -0.05) is 20.3 Å². The van der Waals surface area contributed by atoms with Gasteiger partial charge in [-0.15, -0.1) is 0 Å². The molecule has 0 aliphatic heterocycles. The first-order valence-corrected chi connectivity index (χ1v) is 6.11. The molecular formula is C13H17FN2O3. The fourth-order valence-corrected chi connectivity index (χ4v) is 1.58. The lowest BCUT2D eigenvalue weighted by Crippen LogP contribution is -2.37. The number of amides is 1. The smallest absolute Gasteiger partial charge is 0.270 e. The lowest BCUT2D eigenvalue weighted by atomic mass is 10.0. The summed E-state index contributed by atoms with van der Waals surface area (Å²) in [5.74, 6) is -1.15. The van der Waals surface area contributed by atoms with Gasteiger partial charge in [0.05, 0.1) is 10.5 Å². The van der Waals surface area contributed by atoms with E-state index in [0.29, 0.717) is 0 Å². The maximum absolute atomic E-state index is 13.5. The van der Waals surface area contributed by atoms with Gasteiger partial charge in [0.1, 0.15) is 5.82 Å². The molecule has 0 aliphatic rings. The minimum absolute atomic E-state index is 0.129. The van der Waals surface area contributed by atoms with Crippen molar-refractivity contribution < 1.29 is 14.1 Å². The number of nitro groups is 1. The monoisotopic (exact) mass is 268 g/mol. The third-order valence-electron chi connectivity index (χ3n) is 3.26. The van der Waals surface area contributed by atoms with Gasteiger partial charge >= 0.3 is 0 Å². The van der Waals surface area contributed by atoms with E-state index in [0.717, 1.165) is 24.6 Å². The topological polar surface area (TPSA) is 72.2 Å². The van der Waals surface area contributed by atoms with Crippen LogP contribution in [0.15, 0.2) is 18.2 Å². The number of hydrogen-bond acceptors (Lipinski definition) is 3. The van der Waals surface area contributed by atoms with E-state index in [-0.39, 0.29) is 23.2 Å². The van der Waals surface area contributed by atoms with Crippen molar-refractivity contribution in [3.63, 3.8) is 0 Å². The average Bonchev–Trinajstić information content (AvgIpc) is 2.37. The molecule has 0 heterocycles. The van der Waals surface area contributed by atoms with Crippen LogP contribution in [0.4, 0.5) is 10.1 Å². The van der Waals surface area contributed by atoms with E-state index in [9.17, 15) is 19.3 Å². The summed E-state index contributed by atoms with van der Waals surface area (Å²) in [5.41, 5.74) is -0.605. The molecule has 0 saturated heterocycles. The Morgan fingerprint density at radius 1 is 1.47 bits per heavy atom. The molecule has 0 bridgehead atoms. The van der Waals surface area contributed by atoms with Crippen LogP contribution >= 0.6 is 0 Å². The molecule has 6 heteroatoms. The van der Waals surface area contributed by atoms with E-state index in [1.54, 1.807) is 0 Å². The van der Waals surface area contributed by atoms with Crippen LogP contribution in [0.5, 0.6) is 0 Å². The van der Waals surface area contributed by atoms with E-state index < -0.39 is 16.6 Å². The van der Waals surface area contributed by atoms with Crippen molar-refractivity contribution in [1.82, 2.24) is 5.32 Å². The average molecular weight is 268 g/mol. The zero-order chi connectivity index (χ0) is 14.6. The van der Waals surface area contributed by atoms with E-state index in [1.165, 1.54) is 0 Å². The summed E-state index contributed by atoms with van der Waals surface area (Å²) in [6, 6.07) is 2.79. The van der Waals surface area contributed by atoms with Crippen molar-refractivity contribution >= 4 is 11.6 Å². The zero-order valence-corrected chi connectivity index (χ0v) is 11.1. The Kier molecular flexibility index (Phi) is 4.97. The molecule has 2 unspecified atom stereocenters. The molecular weight excluding hydrogens is 251 g/mol. The van der Waals surface area contributed by atoms with E-state index >= 15 is 0 Å². The number of halogens is 1. The van der Waals surface area contributed by atoms with Crippen molar-refractivity contribution in [2.75, 3.05) is 0 Å². The van der Waals surface area contributed by atoms with Gasteiger partial charge in [-0.3, -0.25) is 14.9 Å². The highest BCUT2D eigenvalue weighted by Crippen LogP contribution is 2.17. The molecule has 5 nitrogen and oxygen atoms in total. The SMILES string of the molecule is CCC(C)C(C)NC(=O)c1cc([N+](=O)[O-])ccc1F. The third-order valence-corrected chi connectivity index (χ3v) is 3.26. The van der Waals surface area contributed by atoms with Crippen molar-refractivity contribution in [2.24, 2.45) is 5.92 Å². The van der Waals surface area contributed by atoms with Crippen LogP contribution in [0, 0.1) is 21.8 Å². The zero-order valence-electron chi connectivity index (χ0n) is 11.1. The Hall–Kier alpha value is -1.98. The van der Waals surface area contributed by atoms with Crippen molar-refractivity contribution in [3.05, 3.63) is 39.7 Å². The molecule has 0 saturated carbocycles. The van der Waals surface area contributed by atoms with Crippen LogP contribution in [0.1, 0.15) is 37.6 Å². The van der Waals surface area contributed by atoms with Crippen molar-refractivity contribution in [1.29, 1.82) is 0 Å². The second kappa shape index (κ2) is 6.26. The van der Waals surface area contributed by atoms with E-state index in [2.05, 4.69) is 5.32 Å². The molecule has 1 aromatic rings. The summed E-state index contributed by atoms with van der Waals surface area (Å²) in [5, 5.41) is 13.3. The summed E-state index contributed by atoms with van der Waals surface area (Å²) in [6.45, 7) is 5.78. The third kappa shape index (κ3) is 3.74. The Bertz CT molecular complexity index is 491. The fraction of sp³-hybridized carbons (Fsp3) is 0.462. The van der Waals surface area contributed by atoms with Crippen LogP contribution in [0.2, 0.25) is 0 Å². The van der Waals surface area contributed by atoms with Crippen LogP contribution in [0.25, 0.3) is 0 Å². The summed E-state index contributed by atoms with van der Waals surface area (Å²) >= 11 is 0. The summed E-state index contributed by atoms with van der Waals surface area (Å²) in [6.07, 6.45) is 0.874. The predicted octanol–water partition coefficient (Wildman–Crippen LogP) is 2.90. The Labute approximate surface area is 111 Å². The molecule has 1 N–H and O–H groups in total. The largest absolute Gasteiger partial charge is 0.349 e. The van der Waals surface area contributed by atoms with Gasteiger partial charge in [-0.05, 0) is 18.9 Å². The lowest BCUT2D eigenvalue weighted by Gasteiger charge is -2.19. The van der Waals surface area contributed by atoms with Gasteiger partial charge < -0.3 is 5.32 Å². The van der Waals surface area contributed by atoms with E-state index in [1.807, 2.05) is 20.8 Å². The first-order chi connectivity index (χ1) is 8.86. The molecule has 0 fully saturated rings. The Morgan fingerprint density at radius 3 is 2.63 bits per heavy atom. The highest BCUT2D eigenvalue weighted by molar-refractivity contribution is 5.95. The number of carbonyl (C=O) groups excluding carboxylic acids is 1. The van der Waals surface area contributed by atoms with Gasteiger partial charge in [-0.2, -0.15) is 0 Å². The molecule has 2 atom stereocenters. The van der Waals surface area contributed by atoms with Gasteiger partial charge in [0.15, 0.2) is 0 Å². The summed E-state index contributed by atoms with van der Waals surface area (Å²) < 4.78 is 13.5. The molecule has 0 aliphatic carbocycles. The van der Waals surface area contributed by atoms with E-state index in [4.69, 9.17) is 0 Å². The van der Waals surface area contributed by atoms with Crippen LogP contribution in [-0.4, -0.2) is 16.9 Å². The van der Waals surface area contributed by atoms with Crippen LogP contribution in [-0.2, 0) is 0 Å². The quantitative estimate of drug-likeness (QED) is 0.659. The number of carbonyl (C=O) groups is 1. The molecule has 1 aromatic carbocycles. The number of hydrogen-bond donors (Lipinski definition) is 1. The molecule has 0 aromatic heterocycles. The number of non-ortho nitro benzene ring substituents is 1. The second-order valence-electron chi connectivity index (χ2n) is 4.57. The normalized spacial score (nSPS) is 13.7. The summed E-state index contributed by atoms with van der Waals surface area (Å²) in [4.78, 5) is 21.9. The predicted molar refractivity (Wildman–Crippen MR) is 69.4 cm³/mol. The number of rotatable bonds is 5. The lowest BCUT2D eigenvalue weighted by molar-refractivity contribution is -0.384. The highest BCUT2D eigenvalue weighted by atomic mass is 19.1.